The van der Waals surface area contributed by atoms with Gasteiger partial charge in [-0.2, -0.15) is 11.8 Å². The molecule has 0 spiro atoms. The molecule has 4 heteroatoms. The number of ketones is 1. The minimum Gasteiger partial charge on any atom is -0.481 e. The second kappa shape index (κ2) is 6.33. The van der Waals surface area contributed by atoms with Crippen LogP contribution in [-0.4, -0.2) is 28.9 Å². The summed E-state index contributed by atoms with van der Waals surface area (Å²) in [5.41, 5.74) is 0.579. The number of Topliss-reactive ketones (excluding diaryl/α,β-unsaturated/α-hetero) is 1. The van der Waals surface area contributed by atoms with Gasteiger partial charge in [-0.3, -0.25) is 9.59 Å². The zero-order valence-electron chi connectivity index (χ0n) is 9.05. The van der Waals surface area contributed by atoms with Gasteiger partial charge in [0.15, 0.2) is 5.78 Å². The van der Waals surface area contributed by atoms with Crippen molar-refractivity contribution in [3.05, 3.63) is 35.9 Å². The number of carboxylic acids is 1. The molecule has 1 aromatic rings. The predicted molar refractivity (Wildman–Crippen MR) is 64.9 cm³/mol. The first-order chi connectivity index (χ1) is 7.65. The number of carboxylic acid groups (broad SMARTS) is 1. The van der Waals surface area contributed by atoms with Crippen molar-refractivity contribution < 1.29 is 14.7 Å². The molecule has 0 heterocycles. The molecule has 0 fully saturated rings. The molecule has 0 saturated carbocycles. The lowest BCUT2D eigenvalue weighted by Gasteiger charge is -2.09. The fourth-order valence-electron chi connectivity index (χ4n) is 1.38. The molecule has 1 unspecified atom stereocenters. The summed E-state index contributed by atoms with van der Waals surface area (Å²) in [6.07, 6.45) is 1.91. The van der Waals surface area contributed by atoms with Crippen LogP contribution in [0.15, 0.2) is 30.3 Å². The molecule has 0 aliphatic heterocycles. The van der Waals surface area contributed by atoms with Crippen LogP contribution < -0.4 is 0 Å². The van der Waals surface area contributed by atoms with Crippen LogP contribution in [0.5, 0.6) is 0 Å². The molecule has 1 rings (SSSR count). The van der Waals surface area contributed by atoms with Crippen LogP contribution in [0.2, 0.25) is 0 Å². The van der Waals surface area contributed by atoms with E-state index in [-0.39, 0.29) is 12.2 Å². The minimum atomic E-state index is -0.904. The number of carbonyl (C=O) groups is 2. The third kappa shape index (κ3) is 3.70. The third-order valence-electron chi connectivity index (χ3n) is 2.24. The van der Waals surface area contributed by atoms with Gasteiger partial charge in [0.05, 0.1) is 5.92 Å². The van der Waals surface area contributed by atoms with Crippen LogP contribution in [0.25, 0.3) is 0 Å². The minimum absolute atomic E-state index is 0.0696. The first kappa shape index (κ1) is 12.8. The summed E-state index contributed by atoms with van der Waals surface area (Å²) in [5, 5.41) is 8.93. The Balaban J connectivity index is 2.65. The molecule has 0 radical (unpaired) electrons. The molecule has 86 valence electrons. The number of benzene rings is 1. The lowest BCUT2D eigenvalue weighted by atomic mass is 10.00. The summed E-state index contributed by atoms with van der Waals surface area (Å²) >= 11 is 1.44. The van der Waals surface area contributed by atoms with Crippen LogP contribution in [0.3, 0.4) is 0 Å². The van der Waals surface area contributed by atoms with Gasteiger partial charge in [-0.1, -0.05) is 30.3 Å². The number of hydrogen-bond donors (Lipinski definition) is 1. The van der Waals surface area contributed by atoms with E-state index in [2.05, 4.69) is 0 Å². The molecular formula is C12H14O3S. The van der Waals surface area contributed by atoms with Crippen molar-refractivity contribution in [3.63, 3.8) is 0 Å². The van der Waals surface area contributed by atoms with Crippen molar-refractivity contribution >= 4 is 23.5 Å². The molecule has 1 atom stereocenters. The Kier molecular flexibility index (Phi) is 5.05. The zero-order valence-corrected chi connectivity index (χ0v) is 9.87. The molecule has 16 heavy (non-hydrogen) atoms. The van der Waals surface area contributed by atoms with Gasteiger partial charge in [0.1, 0.15) is 0 Å². The fraction of sp³-hybridized carbons (Fsp3) is 0.333. The number of hydrogen-bond acceptors (Lipinski definition) is 3. The highest BCUT2D eigenvalue weighted by atomic mass is 32.2. The highest BCUT2D eigenvalue weighted by Gasteiger charge is 2.21. The number of carbonyl (C=O) groups excluding carboxylic acids is 1. The number of aliphatic carboxylic acids is 1. The van der Waals surface area contributed by atoms with Gasteiger partial charge in [0.25, 0.3) is 0 Å². The molecule has 3 nitrogen and oxygen atoms in total. The Bertz CT molecular complexity index is 362. The van der Waals surface area contributed by atoms with Gasteiger partial charge in [0.2, 0.25) is 0 Å². The summed E-state index contributed by atoms with van der Waals surface area (Å²) in [6.45, 7) is 0. The highest BCUT2D eigenvalue weighted by molar-refractivity contribution is 7.98. The lowest BCUT2D eigenvalue weighted by molar-refractivity contribution is -0.140. The second-order valence-electron chi connectivity index (χ2n) is 3.48. The third-order valence-corrected chi connectivity index (χ3v) is 2.98. The van der Waals surface area contributed by atoms with E-state index in [1.54, 1.807) is 24.3 Å². The molecule has 1 aromatic carbocycles. The van der Waals surface area contributed by atoms with Crippen LogP contribution in [0, 0.1) is 5.92 Å². The number of thioether (sulfide) groups is 1. The van der Waals surface area contributed by atoms with Gasteiger partial charge in [-0.15, -0.1) is 0 Å². The Labute approximate surface area is 98.9 Å². The second-order valence-corrected chi connectivity index (χ2v) is 4.39. The van der Waals surface area contributed by atoms with Crippen molar-refractivity contribution in [1.82, 2.24) is 0 Å². The molecule has 1 N–H and O–H groups in total. The van der Waals surface area contributed by atoms with E-state index in [0.717, 1.165) is 0 Å². The van der Waals surface area contributed by atoms with Crippen molar-refractivity contribution in [3.8, 4) is 0 Å². The van der Waals surface area contributed by atoms with Crippen LogP contribution in [0.4, 0.5) is 0 Å². The van der Waals surface area contributed by atoms with E-state index in [9.17, 15) is 9.59 Å². The molecule has 0 aliphatic carbocycles. The Hall–Kier alpha value is -1.29. The standard InChI is InChI=1S/C12H14O3S/c1-16-8-10(12(14)15)7-11(13)9-5-3-2-4-6-9/h2-6,10H,7-8H2,1H3,(H,14,15). The predicted octanol–water partition coefficient (Wildman–Crippen LogP) is 2.32. The van der Waals surface area contributed by atoms with Crippen LogP contribution in [-0.2, 0) is 4.79 Å². The van der Waals surface area contributed by atoms with E-state index in [1.807, 2.05) is 12.3 Å². The maximum absolute atomic E-state index is 11.8. The quantitative estimate of drug-likeness (QED) is 0.773. The van der Waals surface area contributed by atoms with Crippen LogP contribution >= 0.6 is 11.8 Å². The van der Waals surface area contributed by atoms with Crippen LogP contribution in [0.1, 0.15) is 16.8 Å². The van der Waals surface area contributed by atoms with Gasteiger partial charge < -0.3 is 5.11 Å². The van der Waals surface area contributed by atoms with E-state index >= 15 is 0 Å². The maximum Gasteiger partial charge on any atom is 0.307 e. The molecule has 0 aliphatic rings. The Morgan fingerprint density at radius 3 is 2.44 bits per heavy atom. The van der Waals surface area contributed by atoms with Crippen molar-refractivity contribution in [2.45, 2.75) is 6.42 Å². The first-order valence-electron chi connectivity index (χ1n) is 4.95. The number of rotatable bonds is 6. The smallest absolute Gasteiger partial charge is 0.307 e. The Morgan fingerprint density at radius 1 is 1.31 bits per heavy atom. The molecule has 0 aromatic heterocycles. The van der Waals surface area contributed by atoms with Gasteiger partial charge in [-0.25, -0.2) is 0 Å². The summed E-state index contributed by atoms with van der Waals surface area (Å²) in [6, 6.07) is 8.79. The molecular weight excluding hydrogens is 224 g/mol. The SMILES string of the molecule is CSCC(CC(=O)c1ccccc1)C(=O)O. The summed E-state index contributed by atoms with van der Waals surface area (Å²) in [4.78, 5) is 22.7. The maximum atomic E-state index is 11.8. The molecule has 0 amide bonds. The average Bonchev–Trinajstić information content (AvgIpc) is 2.29. The normalized spacial score (nSPS) is 12.1. The molecule has 0 bridgehead atoms. The summed E-state index contributed by atoms with van der Waals surface area (Å²) in [7, 11) is 0. The monoisotopic (exact) mass is 238 g/mol. The first-order valence-corrected chi connectivity index (χ1v) is 6.34. The summed E-state index contributed by atoms with van der Waals surface area (Å²) < 4.78 is 0. The van der Waals surface area contributed by atoms with E-state index in [0.29, 0.717) is 11.3 Å². The summed E-state index contributed by atoms with van der Waals surface area (Å²) in [5.74, 6) is -1.14. The van der Waals surface area contributed by atoms with Crippen molar-refractivity contribution in [2.24, 2.45) is 5.92 Å². The van der Waals surface area contributed by atoms with E-state index < -0.39 is 11.9 Å². The average molecular weight is 238 g/mol. The van der Waals surface area contributed by atoms with Crippen molar-refractivity contribution in [1.29, 1.82) is 0 Å². The molecule has 0 saturated heterocycles. The van der Waals surface area contributed by atoms with E-state index in [1.165, 1.54) is 11.8 Å². The highest BCUT2D eigenvalue weighted by Crippen LogP contribution is 2.14. The zero-order chi connectivity index (χ0) is 12.0. The van der Waals surface area contributed by atoms with Gasteiger partial charge in [0, 0.05) is 17.7 Å². The van der Waals surface area contributed by atoms with Gasteiger partial charge >= 0.3 is 5.97 Å². The topological polar surface area (TPSA) is 54.4 Å². The largest absolute Gasteiger partial charge is 0.481 e. The van der Waals surface area contributed by atoms with E-state index in [4.69, 9.17) is 5.11 Å². The van der Waals surface area contributed by atoms with Gasteiger partial charge in [-0.05, 0) is 6.26 Å². The fourth-order valence-corrected chi connectivity index (χ4v) is 2.05. The van der Waals surface area contributed by atoms with Crippen molar-refractivity contribution in [2.75, 3.05) is 12.0 Å². The Morgan fingerprint density at radius 2 is 1.94 bits per heavy atom. The lowest BCUT2D eigenvalue weighted by Crippen LogP contribution is -2.20.